The summed E-state index contributed by atoms with van der Waals surface area (Å²) in [6, 6.07) is 8.24. The molecule has 0 spiro atoms. The van der Waals surface area contributed by atoms with E-state index in [-0.39, 0.29) is 18.1 Å². The average molecular weight is 381 g/mol. The number of aliphatic hydroxyl groups is 1. The molecule has 0 saturated heterocycles. The SMILES string of the molecule is C[C@@H](O)C(=O)Nc1ccc2ncn(Cc3ccc(Cl)c(Cl)c3)c(=O)n12. The number of aliphatic hydroxyl groups excluding tert-OH is 1. The minimum Gasteiger partial charge on any atom is -0.384 e. The number of fused-ring (bicyclic) bond motifs is 1. The van der Waals surface area contributed by atoms with E-state index in [0.29, 0.717) is 15.7 Å². The molecule has 0 fully saturated rings. The number of nitrogens with zero attached hydrogens (tertiary/aromatic N) is 3. The van der Waals surface area contributed by atoms with Crippen LogP contribution in [0.4, 0.5) is 5.82 Å². The number of aromatic nitrogens is 3. The molecule has 1 amide bonds. The lowest BCUT2D eigenvalue weighted by molar-refractivity contribution is -0.123. The lowest BCUT2D eigenvalue weighted by atomic mass is 10.2. The Kier molecular flexibility index (Phi) is 4.80. The van der Waals surface area contributed by atoms with Gasteiger partial charge in [0.1, 0.15) is 23.9 Å². The molecule has 0 bridgehead atoms. The number of nitrogens with one attached hydrogen (secondary N) is 1. The van der Waals surface area contributed by atoms with Gasteiger partial charge in [-0.2, -0.15) is 0 Å². The Balaban J connectivity index is 1.99. The molecule has 1 aromatic carbocycles. The predicted molar refractivity (Wildman–Crippen MR) is 95.3 cm³/mol. The quantitative estimate of drug-likeness (QED) is 0.725. The molecule has 2 aromatic heterocycles. The van der Waals surface area contributed by atoms with Crippen molar-refractivity contribution in [1.82, 2.24) is 14.0 Å². The van der Waals surface area contributed by atoms with Crippen molar-refractivity contribution in [1.29, 1.82) is 0 Å². The van der Waals surface area contributed by atoms with E-state index in [1.54, 1.807) is 30.3 Å². The van der Waals surface area contributed by atoms with Gasteiger partial charge in [0, 0.05) is 0 Å². The number of carbonyl (C=O) groups is 1. The number of carbonyl (C=O) groups excluding carboxylic acids is 1. The number of hydrogen-bond acceptors (Lipinski definition) is 4. The van der Waals surface area contributed by atoms with Crippen LogP contribution in [0.5, 0.6) is 0 Å². The third-order valence-corrected chi connectivity index (χ3v) is 4.33. The summed E-state index contributed by atoms with van der Waals surface area (Å²) in [5.41, 5.74) is 0.776. The number of anilines is 1. The van der Waals surface area contributed by atoms with Crippen molar-refractivity contribution in [3.63, 3.8) is 0 Å². The number of hydrogen-bond donors (Lipinski definition) is 2. The van der Waals surface area contributed by atoms with Gasteiger partial charge >= 0.3 is 5.69 Å². The number of amides is 1. The third-order valence-electron chi connectivity index (χ3n) is 3.59. The first-order valence-corrected chi connectivity index (χ1v) is 8.12. The smallest absolute Gasteiger partial charge is 0.337 e. The zero-order valence-electron chi connectivity index (χ0n) is 13.1. The van der Waals surface area contributed by atoms with Crippen LogP contribution in [-0.4, -0.2) is 31.1 Å². The van der Waals surface area contributed by atoms with Crippen molar-refractivity contribution in [3.05, 3.63) is 62.8 Å². The summed E-state index contributed by atoms with van der Waals surface area (Å²) < 4.78 is 2.64. The summed E-state index contributed by atoms with van der Waals surface area (Å²) >= 11 is 11.9. The molecule has 130 valence electrons. The molecule has 9 heteroatoms. The van der Waals surface area contributed by atoms with Crippen LogP contribution in [0.15, 0.2) is 41.5 Å². The molecule has 0 aliphatic heterocycles. The Hall–Kier alpha value is -2.35. The number of benzene rings is 1. The van der Waals surface area contributed by atoms with E-state index in [0.717, 1.165) is 5.56 Å². The first-order chi connectivity index (χ1) is 11.9. The highest BCUT2D eigenvalue weighted by molar-refractivity contribution is 6.42. The Morgan fingerprint density at radius 3 is 2.72 bits per heavy atom. The second-order valence-electron chi connectivity index (χ2n) is 5.48. The zero-order valence-corrected chi connectivity index (χ0v) is 14.6. The van der Waals surface area contributed by atoms with Crippen LogP contribution in [0.25, 0.3) is 5.65 Å². The van der Waals surface area contributed by atoms with E-state index >= 15 is 0 Å². The Morgan fingerprint density at radius 2 is 2.04 bits per heavy atom. The summed E-state index contributed by atoms with van der Waals surface area (Å²) in [6.07, 6.45) is 0.223. The maximum Gasteiger partial charge on any atom is 0.337 e. The molecule has 7 nitrogen and oxygen atoms in total. The Morgan fingerprint density at radius 1 is 1.28 bits per heavy atom. The lowest BCUT2D eigenvalue weighted by Crippen LogP contribution is -2.31. The summed E-state index contributed by atoms with van der Waals surface area (Å²) in [5, 5.41) is 12.6. The lowest BCUT2D eigenvalue weighted by Gasteiger charge is -2.10. The van der Waals surface area contributed by atoms with Crippen molar-refractivity contribution in [2.75, 3.05) is 5.32 Å². The molecule has 0 radical (unpaired) electrons. The highest BCUT2D eigenvalue weighted by Crippen LogP contribution is 2.22. The van der Waals surface area contributed by atoms with E-state index in [2.05, 4.69) is 10.3 Å². The maximum atomic E-state index is 12.7. The highest BCUT2D eigenvalue weighted by atomic mass is 35.5. The summed E-state index contributed by atoms with van der Waals surface area (Å²) in [5.74, 6) is -0.374. The van der Waals surface area contributed by atoms with Crippen molar-refractivity contribution in [2.24, 2.45) is 0 Å². The van der Waals surface area contributed by atoms with Crippen LogP contribution in [0, 0.1) is 0 Å². The largest absolute Gasteiger partial charge is 0.384 e. The fourth-order valence-electron chi connectivity index (χ4n) is 2.31. The standard InChI is InChI=1S/C16H14Cl2N4O3/c1-9(23)15(24)20-14-5-4-13-19-8-21(16(25)22(13)14)7-10-2-3-11(17)12(18)6-10/h2-6,8-9,23H,7H2,1H3,(H,20,24)/t9-/m1/s1. The molecular weight excluding hydrogens is 367 g/mol. The monoisotopic (exact) mass is 380 g/mol. The van der Waals surface area contributed by atoms with E-state index in [4.69, 9.17) is 23.2 Å². The molecule has 2 heterocycles. The van der Waals surface area contributed by atoms with Crippen LogP contribution in [0.1, 0.15) is 12.5 Å². The second kappa shape index (κ2) is 6.87. The maximum absolute atomic E-state index is 12.7. The van der Waals surface area contributed by atoms with Gasteiger partial charge in [0.2, 0.25) is 0 Å². The van der Waals surface area contributed by atoms with Crippen molar-refractivity contribution >= 4 is 40.6 Å². The molecule has 0 unspecified atom stereocenters. The molecule has 3 aromatic rings. The molecular formula is C16H14Cl2N4O3. The van der Waals surface area contributed by atoms with E-state index in [1.165, 1.54) is 22.2 Å². The molecule has 25 heavy (non-hydrogen) atoms. The summed E-state index contributed by atoms with van der Waals surface area (Å²) in [7, 11) is 0. The minimum atomic E-state index is -1.19. The van der Waals surface area contributed by atoms with Crippen LogP contribution in [-0.2, 0) is 11.3 Å². The Bertz CT molecular complexity index is 1010. The predicted octanol–water partition coefficient (Wildman–Crippen LogP) is 2.17. The number of rotatable bonds is 4. The average Bonchev–Trinajstić information content (AvgIpc) is 2.97. The molecule has 0 saturated carbocycles. The topological polar surface area (TPSA) is 88.6 Å². The normalized spacial score (nSPS) is 12.3. The van der Waals surface area contributed by atoms with Crippen LogP contribution < -0.4 is 11.0 Å². The molecule has 0 aliphatic rings. The fourth-order valence-corrected chi connectivity index (χ4v) is 2.63. The molecule has 0 aliphatic carbocycles. The van der Waals surface area contributed by atoms with Gasteiger partial charge in [-0.15, -0.1) is 0 Å². The van der Waals surface area contributed by atoms with Crippen molar-refractivity contribution < 1.29 is 9.90 Å². The van der Waals surface area contributed by atoms with Gasteiger partial charge in [-0.05, 0) is 36.8 Å². The first-order valence-electron chi connectivity index (χ1n) is 7.36. The molecule has 3 rings (SSSR count). The van der Waals surface area contributed by atoms with Crippen LogP contribution in [0.2, 0.25) is 10.0 Å². The molecule has 1 atom stereocenters. The van der Waals surface area contributed by atoms with Gasteiger partial charge in [-0.1, -0.05) is 29.3 Å². The van der Waals surface area contributed by atoms with Gasteiger partial charge in [0.05, 0.1) is 16.6 Å². The zero-order chi connectivity index (χ0) is 18.1. The minimum absolute atomic E-state index is 0.237. The van der Waals surface area contributed by atoms with Gasteiger partial charge in [0.15, 0.2) is 0 Å². The Labute approximate surface area is 152 Å². The summed E-state index contributed by atoms with van der Waals surface area (Å²) in [6.45, 7) is 1.58. The van der Waals surface area contributed by atoms with E-state index < -0.39 is 12.0 Å². The summed E-state index contributed by atoms with van der Waals surface area (Å²) in [4.78, 5) is 28.6. The second-order valence-corrected chi connectivity index (χ2v) is 6.30. The molecule has 2 N–H and O–H groups in total. The van der Waals surface area contributed by atoms with Crippen molar-refractivity contribution in [3.8, 4) is 0 Å². The van der Waals surface area contributed by atoms with Crippen LogP contribution >= 0.6 is 23.2 Å². The van der Waals surface area contributed by atoms with Crippen LogP contribution in [0.3, 0.4) is 0 Å². The first kappa shape index (κ1) is 17.5. The van der Waals surface area contributed by atoms with E-state index in [9.17, 15) is 14.7 Å². The fraction of sp³-hybridized carbons (Fsp3) is 0.188. The van der Waals surface area contributed by atoms with Crippen molar-refractivity contribution in [2.45, 2.75) is 19.6 Å². The van der Waals surface area contributed by atoms with Gasteiger partial charge in [-0.25, -0.2) is 14.2 Å². The highest BCUT2D eigenvalue weighted by Gasteiger charge is 2.14. The van der Waals surface area contributed by atoms with Gasteiger partial charge in [-0.3, -0.25) is 9.36 Å². The van der Waals surface area contributed by atoms with E-state index in [1.807, 2.05) is 0 Å². The van der Waals surface area contributed by atoms with Gasteiger partial charge in [0.25, 0.3) is 5.91 Å². The van der Waals surface area contributed by atoms with Gasteiger partial charge < -0.3 is 10.4 Å². The third kappa shape index (κ3) is 3.53. The number of halogens is 2.